The first-order chi connectivity index (χ1) is 10.3. The minimum absolute atomic E-state index is 0.120. The van der Waals surface area contributed by atoms with E-state index < -0.39 is 0 Å². The summed E-state index contributed by atoms with van der Waals surface area (Å²) in [5.74, 6) is 0.961. The Morgan fingerprint density at radius 1 is 0.667 bits per heavy atom. The van der Waals surface area contributed by atoms with Gasteiger partial charge >= 0.3 is 0 Å². The average Bonchev–Trinajstić information content (AvgIpc) is 2.50. The predicted octanol–water partition coefficient (Wildman–Crippen LogP) is 5.64. The van der Waals surface area contributed by atoms with E-state index in [0.717, 1.165) is 10.8 Å². The van der Waals surface area contributed by atoms with Gasteiger partial charge in [-0.15, -0.1) is 0 Å². The first-order valence-electron chi connectivity index (χ1n) is 7.56. The van der Waals surface area contributed by atoms with Crippen LogP contribution in [0.2, 0.25) is 0 Å². The van der Waals surface area contributed by atoms with E-state index in [2.05, 4.69) is 30.3 Å². The molecule has 21 heavy (non-hydrogen) atoms. The van der Waals surface area contributed by atoms with Crippen molar-refractivity contribution < 1.29 is 4.39 Å². The number of halogens is 1. The summed E-state index contributed by atoms with van der Waals surface area (Å²) in [6.45, 7) is 0. The molecule has 1 heteroatoms. The van der Waals surface area contributed by atoms with E-state index >= 15 is 0 Å². The van der Waals surface area contributed by atoms with Gasteiger partial charge in [0.15, 0.2) is 0 Å². The second kappa shape index (κ2) is 5.00. The SMILES string of the molecule is Fc1ccc([C@@H]2CC[C@H]2c2ccccc2)c2ccccc12. The lowest BCUT2D eigenvalue weighted by Crippen LogP contribution is -2.22. The molecule has 3 aromatic rings. The molecule has 0 saturated heterocycles. The van der Waals surface area contributed by atoms with Crippen LogP contribution in [0, 0.1) is 5.82 Å². The molecule has 1 aliphatic carbocycles. The van der Waals surface area contributed by atoms with E-state index in [1.54, 1.807) is 6.07 Å². The Kier molecular flexibility index (Phi) is 2.99. The minimum Gasteiger partial charge on any atom is -0.206 e. The molecular weight excluding hydrogens is 259 g/mol. The number of benzene rings is 3. The molecule has 1 saturated carbocycles. The molecule has 3 aromatic carbocycles. The highest BCUT2D eigenvalue weighted by Gasteiger charge is 2.34. The van der Waals surface area contributed by atoms with E-state index in [0.29, 0.717) is 11.8 Å². The van der Waals surface area contributed by atoms with E-state index in [9.17, 15) is 4.39 Å². The van der Waals surface area contributed by atoms with Gasteiger partial charge in [-0.05, 0) is 47.3 Å². The highest BCUT2D eigenvalue weighted by molar-refractivity contribution is 5.87. The monoisotopic (exact) mass is 276 g/mol. The zero-order valence-electron chi connectivity index (χ0n) is 11.8. The average molecular weight is 276 g/mol. The van der Waals surface area contributed by atoms with Crippen LogP contribution in [0.25, 0.3) is 10.8 Å². The molecule has 0 N–H and O–H groups in total. The molecule has 0 nitrogen and oxygen atoms in total. The summed E-state index contributed by atoms with van der Waals surface area (Å²) in [6, 6.07) is 22.1. The van der Waals surface area contributed by atoms with Crippen LogP contribution in [-0.2, 0) is 0 Å². The number of fused-ring (bicyclic) bond motifs is 1. The highest BCUT2D eigenvalue weighted by atomic mass is 19.1. The predicted molar refractivity (Wildman–Crippen MR) is 85.1 cm³/mol. The lowest BCUT2D eigenvalue weighted by atomic mass is 9.66. The summed E-state index contributed by atoms with van der Waals surface area (Å²) in [5.41, 5.74) is 2.70. The summed E-state index contributed by atoms with van der Waals surface area (Å²) in [5, 5.41) is 1.82. The van der Waals surface area contributed by atoms with E-state index in [4.69, 9.17) is 0 Å². The Bertz CT molecular complexity index is 776. The van der Waals surface area contributed by atoms with Crippen LogP contribution in [0.5, 0.6) is 0 Å². The van der Waals surface area contributed by atoms with Crippen molar-refractivity contribution in [3.8, 4) is 0 Å². The van der Waals surface area contributed by atoms with Gasteiger partial charge in [-0.2, -0.15) is 0 Å². The van der Waals surface area contributed by atoms with E-state index in [1.165, 1.54) is 24.0 Å². The molecule has 2 atom stereocenters. The van der Waals surface area contributed by atoms with Gasteiger partial charge in [0.25, 0.3) is 0 Å². The third-order valence-electron chi connectivity index (χ3n) is 4.81. The molecule has 104 valence electrons. The molecule has 0 amide bonds. The molecule has 0 aliphatic heterocycles. The Hall–Kier alpha value is -2.15. The van der Waals surface area contributed by atoms with Crippen LogP contribution in [-0.4, -0.2) is 0 Å². The maximum absolute atomic E-state index is 14.0. The molecular formula is C20H17F. The molecule has 0 heterocycles. The zero-order chi connectivity index (χ0) is 14.2. The summed E-state index contributed by atoms with van der Waals surface area (Å²) in [4.78, 5) is 0. The second-order valence-corrected chi connectivity index (χ2v) is 5.88. The van der Waals surface area contributed by atoms with Crippen molar-refractivity contribution in [2.45, 2.75) is 24.7 Å². The van der Waals surface area contributed by atoms with E-state index in [-0.39, 0.29) is 5.82 Å². The van der Waals surface area contributed by atoms with Crippen molar-refractivity contribution >= 4 is 10.8 Å². The second-order valence-electron chi connectivity index (χ2n) is 5.88. The quantitative estimate of drug-likeness (QED) is 0.568. The van der Waals surface area contributed by atoms with Crippen LogP contribution in [0.4, 0.5) is 4.39 Å². The van der Waals surface area contributed by atoms with Crippen LogP contribution in [0.1, 0.15) is 35.8 Å². The maximum atomic E-state index is 14.0. The van der Waals surface area contributed by atoms with E-state index in [1.807, 2.05) is 30.3 Å². The third-order valence-corrected chi connectivity index (χ3v) is 4.81. The zero-order valence-corrected chi connectivity index (χ0v) is 11.8. The van der Waals surface area contributed by atoms with Crippen molar-refractivity contribution in [3.63, 3.8) is 0 Å². The largest absolute Gasteiger partial charge is 0.206 e. The van der Waals surface area contributed by atoms with Gasteiger partial charge in [-0.3, -0.25) is 0 Å². The van der Waals surface area contributed by atoms with Gasteiger partial charge in [-0.25, -0.2) is 4.39 Å². The molecule has 0 spiro atoms. The smallest absolute Gasteiger partial charge is 0.131 e. The Labute approximate surface area is 124 Å². The number of hydrogen-bond acceptors (Lipinski definition) is 0. The highest BCUT2D eigenvalue weighted by Crippen LogP contribution is 2.50. The topological polar surface area (TPSA) is 0 Å². The van der Waals surface area contributed by atoms with Gasteiger partial charge < -0.3 is 0 Å². The molecule has 1 fully saturated rings. The van der Waals surface area contributed by atoms with Gasteiger partial charge in [0.1, 0.15) is 5.82 Å². The molecule has 0 radical (unpaired) electrons. The first kappa shape index (κ1) is 12.6. The number of hydrogen-bond donors (Lipinski definition) is 0. The fourth-order valence-corrected chi connectivity index (χ4v) is 3.58. The Morgan fingerprint density at radius 2 is 1.33 bits per heavy atom. The lowest BCUT2D eigenvalue weighted by molar-refractivity contribution is 0.348. The van der Waals surface area contributed by atoms with Crippen molar-refractivity contribution in [2.24, 2.45) is 0 Å². The Morgan fingerprint density at radius 3 is 2.05 bits per heavy atom. The standard InChI is InChI=1S/C20H17F/c21-20-13-12-18(16-8-4-5-9-19(16)20)17-11-10-15(17)14-6-2-1-3-7-14/h1-9,12-13,15,17H,10-11H2/t15-,17+/m0/s1. The van der Waals surface area contributed by atoms with Gasteiger partial charge in [0, 0.05) is 5.39 Å². The van der Waals surface area contributed by atoms with Crippen molar-refractivity contribution in [3.05, 3.63) is 83.7 Å². The fraction of sp³-hybridized carbons (Fsp3) is 0.200. The van der Waals surface area contributed by atoms with Crippen molar-refractivity contribution in [1.82, 2.24) is 0 Å². The summed E-state index contributed by atoms with van der Waals surface area (Å²) in [6.07, 6.45) is 2.41. The summed E-state index contributed by atoms with van der Waals surface area (Å²) >= 11 is 0. The molecule has 1 aliphatic rings. The molecule has 4 rings (SSSR count). The maximum Gasteiger partial charge on any atom is 0.131 e. The van der Waals surface area contributed by atoms with Gasteiger partial charge in [-0.1, -0.05) is 60.7 Å². The minimum atomic E-state index is -0.120. The van der Waals surface area contributed by atoms with Crippen molar-refractivity contribution in [2.75, 3.05) is 0 Å². The normalized spacial score (nSPS) is 21.2. The number of rotatable bonds is 2. The molecule has 0 aromatic heterocycles. The fourth-order valence-electron chi connectivity index (χ4n) is 3.58. The summed E-state index contributed by atoms with van der Waals surface area (Å²) < 4.78 is 14.0. The Balaban J connectivity index is 1.79. The lowest BCUT2D eigenvalue weighted by Gasteiger charge is -2.38. The van der Waals surface area contributed by atoms with Crippen LogP contribution < -0.4 is 0 Å². The van der Waals surface area contributed by atoms with Crippen LogP contribution >= 0.6 is 0 Å². The van der Waals surface area contributed by atoms with Gasteiger partial charge in [0.2, 0.25) is 0 Å². The summed E-state index contributed by atoms with van der Waals surface area (Å²) in [7, 11) is 0. The van der Waals surface area contributed by atoms with Crippen LogP contribution in [0.3, 0.4) is 0 Å². The van der Waals surface area contributed by atoms with Crippen molar-refractivity contribution in [1.29, 1.82) is 0 Å². The molecule has 0 bridgehead atoms. The first-order valence-corrected chi connectivity index (χ1v) is 7.56. The van der Waals surface area contributed by atoms with Crippen LogP contribution in [0.15, 0.2) is 66.7 Å². The van der Waals surface area contributed by atoms with Gasteiger partial charge in [0.05, 0.1) is 0 Å². The third kappa shape index (κ3) is 2.04. The molecule has 0 unspecified atom stereocenters.